The predicted octanol–water partition coefficient (Wildman–Crippen LogP) is 4.06. The van der Waals surface area contributed by atoms with Crippen molar-refractivity contribution in [2.24, 2.45) is 5.10 Å². The molecule has 30 heavy (non-hydrogen) atoms. The maximum atomic E-state index is 6.68. The molecule has 0 aromatic heterocycles. The molecule has 3 aliphatic rings. The minimum absolute atomic E-state index is 0.200. The Morgan fingerprint density at radius 3 is 2.57 bits per heavy atom. The Morgan fingerprint density at radius 1 is 1.07 bits per heavy atom. The molecule has 3 heterocycles. The normalized spacial score (nSPS) is 22.2. The summed E-state index contributed by atoms with van der Waals surface area (Å²) >= 11 is 0. The summed E-state index contributed by atoms with van der Waals surface area (Å²) in [5, 5.41) is 7.41. The van der Waals surface area contributed by atoms with Gasteiger partial charge in [0.25, 0.3) is 0 Å². The fraction of sp³-hybridized carbons (Fsp3) is 0.458. The second-order valence-electron chi connectivity index (χ2n) is 8.20. The Morgan fingerprint density at radius 2 is 1.83 bits per heavy atom. The van der Waals surface area contributed by atoms with Gasteiger partial charge in [-0.05, 0) is 30.8 Å². The number of benzene rings is 2. The molecule has 2 aromatic carbocycles. The summed E-state index contributed by atoms with van der Waals surface area (Å²) in [4.78, 5) is 2.49. The first-order valence-electron chi connectivity index (χ1n) is 10.8. The monoisotopic (exact) mass is 407 g/mol. The highest BCUT2D eigenvalue weighted by atomic mass is 16.5. The van der Waals surface area contributed by atoms with Gasteiger partial charge in [0.05, 0.1) is 26.0 Å². The van der Waals surface area contributed by atoms with Crippen molar-refractivity contribution in [3.05, 3.63) is 53.6 Å². The molecule has 3 aliphatic heterocycles. The fourth-order valence-corrected chi connectivity index (χ4v) is 4.97. The number of likely N-dealkylation sites (tertiary alicyclic amines) is 1. The Balaban J connectivity index is 1.53. The lowest BCUT2D eigenvalue weighted by Crippen LogP contribution is -2.59. The number of nitrogens with zero attached hydrogens (tertiary/aromatic N) is 3. The summed E-state index contributed by atoms with van der Waals surface area (Å²) in [6.07, 6.45) is 2.76. The molecule has 2 aromatic rings. The summed E-state index contributed by atoms with van der Waals surface area (Å²) in [5.41, 5.74) is 2.99. The van der Waals surface area contributed by atoms with Gasteiger partial charge >= 0.3 is 0 Å². The molecule has 5 rings (SSSR count). The number of hydrogen-bond acceptors (Lipinski definition) is 6. The molecule has 1 atom stereocenters. The van der Waals surface area contributed by atoms with Crippen molar-refractivity contribution in [2.45, 2.75) is 38.0 Å². The maximum Gasteiger partial charge on any atom is 0.200 e. The van der Waals surface area contributed by atoms with Crippen LogP contribution in [0.2, 0.25) is 0 Å². The SMILES string of the molecule is CCN1CCC2(CC1)Oc1ccccc1C1CC(c3ccc(OC)c(OC)c3)=NN12. The molecule has 1 fully saturated rings. The largest absolute Gasteiger partial charge is 0.493 e. The van der Waals surface area contributed by atoms with E-state index in [1.54, 1.807) is 14.2 Å². The number of rotatable bonds is 4. The first-order valence-corrected chi connectivity index (χ1v) is 10.8. The third-order valence-electron chi connectivity index (χ3n) is 6.71. The second kappa shape index (κ2) is 7.51. The van der Waals surface area contributed by atoms with Gasteiger partial charge < -0.3 is 19.1 Å². The van der Waals surface area contributed by atoms with Gasteiger partial charge in [0.1, 0.15) is 5.75 Å². The van der Waals surface area contributed by atoms with Gasteiger partial charge in [-0.2, -0.15) is 5.10 Å². The van der Waals surface area contributed by atoms with E-state index in [1.807, 2.05) is 12.1 Å². The number of piperidine rings is 1. The lowest BCUT2D eigenvalue weighted by Gasteiger charge is -2.51. The lowest BCUT2D eigenvalue weighted by atomic mass is 9.90. The van der Waals surface area contributed by atoms with Crippen LogP contribution in [0.15, 0.2) is 47.6 Å². The molecule has 1 unspecified atom stereocenters. The third-order valence-corrected chi connectivity index (χ3v) is 6.71. The highest BCUT2D eigenvalue weighted by Gasteiger charge is 2.51. The first-order chi connectivity index (χ1) is 14.7. The van der Waals surface area contributed by atoms with Gasteiger partial charge in [-0.3, -0.25) is 0 Å². The summed E-state index contributed by atoms with van der Waals surface area (Å²) in [7, 11) is 3.33. The Bertz CT molecular complexity index is 966. The summed E-state index contributed by atoms with van der Waals surface area (Å²) in [5.74, 6) is 2.47. The van der Waals surface area contributed by atoms with Gasteiger partial charge in [-0.15, -0.1) is 0 Å². The zero-order valence-corrected chi connectivity index (χ0v) is 17.9. The molecule has 0 saturated carbocycles. The molecular weight excluding hydrogens is 378 g/mol. The van der Waals surface area contributed by atoms with E-state index in [2.05, 4.69) is 47.2 Å². The van der Waals surface area contributed by atoms with Gasteiger partial charge in [-0.1, -0.05) is 25.1 Å². The van der Waals surface area contributed by atoms with Crippen LogP contribution in [0.4, 0.5) is 0 Å². The van der Waals surface area contributed by atoms with Gasteiger partial charge in [-0.25, -0.2) is 5.01 Å². The molecule has 0 aliphatic carbocycles. The summed E-state index contributed by atoms with van der Waals surface area (Å²) in [6.45, 7) is 5.36. The molecule has 158 valence electrons. The topological polar surface area (TPSA) is 46.5 Å². The van der Waals surface area contributed by atoms with Crippen LogP contribution in [0.25, 0.3) is 0 Å². The van der Waals surface area contributed by atoms with E-state index in [-0.39, 0.29) is 11.8 Å². The number of hydrogen-bond donors (Lipinski definition) is 0. The van der Waals surface area contributed by atoms with E-state index >= 15 is 0 Å². The van der Waals surface area contributed by atoms with Crippen LogP contribution in [0, 0.1) is 0 Å². The second-order valence-corrected chi connectivity index (χ2v) is 8.20. The van der Waals surface area contributed by atoms with E-state index in [4.69, 9.17) is 19.3 Å². The zero-order chi connectivity index (χ0) is 20.7. The molecule has 0 N–H and O–H groups in total. The number of methoxy groups -OCH3 is 2. The lowest BCUT2D eigenvalue weighted by molar-refractivity contribution is -0.149. The molecule has 1 saturated heterocycles. The van der Waals surface area contributed by atoms with Gasteiger partial charge in [0.2, 0.25) is 5.72 Å². The van der Waals surface area contributed by atoms with Crippen LogP contribution in [-0.4, -0.2) is 55.2 Å². The Kier molecular flexibility index (Phi) is 4.82. The van der Waals surface area contributed by atoms with Crippen molar-refractivity contribution < 1.29 is 14.2 Å². The van der Waals surface area contributed by atoms with E-state index in [0.717, 1.165) is 67.4 Å². The Labute approximate surface area is 178 Å². The Hall–Kier alpha value is -2.73. The van der Waals surface area contributed by atoms with Gasteiger partial charge in [0, 0.05) is 43.5 Å². The minimum Gasteiger partial charge on any atom is -0.493 e. The molecule has 0 radical (unpaired) electrons. The van der Waals surface area contributed by atoms with Crippen molar-refractivity contribution >= 4 is 5.71 Å². The van der Waals surface area contributed by atoms with Crippen LogP contribution in [0.5, 0.6) is 17.2 Å². The van der Waals surface area contributed by atoms with Crippen molar-refractivity contribution in [3.8, 4) is 17.2 Å². The fourth-order valence-electron chi connectivity index (χ4n) is 4.97. The van der Waals surface area contributed by atoms with Crippen LogP contribution in [0.3, 0.4) is 0 Å². The van der Waals surface area contributed by atoms with Crippen LogP contribution in [0.1, 0.15) is 43.4 Å². The third kappa shape index (κ3) is 3.01. The van der Waals surface area contributed by atoms with E-state index in [9.17, 15) is 0 Å². The molecule has 1 spiro atoms. The molecule has 6 heteroatoms. The van der Waals surface area contributed by atoms with Gasteiger partial charge in [0.15, 0.2) is 11.5 Å². The molecule has 0 amide bonds. The predicted molar refractivity (Wildman–Crippen MR) is 116 cm³/mol. The van der Waals surface area contributed by atoms with Crippen LogP contribution < -0.4 is 14.2 Å². The number of ether oxygens (including phenoxy) is 3. The maximum absolute atomic E-state index is 6.68. The molecule has 6 nitrogen and oxygen atoms in total. The smallest absolute Gasteiger partial charge is 0.200 e. The highest BCUT2D eigenvalue weighted by molar-refractivity contribution is 6.02. The minimum atomic E-state index is -0.372. The van der Waals surface area contributed by atoms with Crippen LogP contribution >= 0.6 is 0 Å². The number of fused-ring (bicyclic) bond motifs is 4. The van der Waals surface area contributed by atoms with Crippen molar-refractivity contribution in [3.63, 3.8) is 0 Å². The number of para-hydroxylation sites is 1. The zero-order valence-electron chi connectivity index (χ0n) is 17.9. The van der Waals surface area contributed by atoms with E-state index in [0.29, 0.717) is 0 Å². The molecule has 0 bridgehead atoms. The quantitative estimate of drug-likeness (QED) is 0.765. The average Bonchev–Trinajstić information content (AvgIpc) is 3.26. The standard InChI is InChI=1S/C24H29N3O3/c1-4-26-13-11-24(12-14-26)27-20(18-7-5-6-8-21(18)30-24)16-19(25-27)17-9-10-22(28-2)23(15-17)29-3/h5-10,15,20H,4,11-14,16H2,1-3H3. The average molecular weight is 408 g/mol. The van der Waals surface area contributed by atoms with Crippen molar-refractivity contribution in [1.29, 1.82) is 0 Å². The summed E-state index contributed by atoms with van der Waals surface area (Å²) < 4.78 is 17.6. The first kappa shape index (κ1) is 19.2. The van der Waals surface area contributed by atoms with Crippen molar-refractivity contribution in [1.82, 2.24) is 9.91 Å². The molecular formula is C24H29N3O3. The van der Waals surface area contributed by atoms with E-state index in [1.165, 1.54) is 5.56 Å². The number of hydrazone groups is 1. The summed E-state index contributed by atoms with van der Waals surface area (Å²) in [6, 6.07) is 14.7. The van der Waals surface area contributed by atoms with E-state index < -0.39 is 0 Å². The highest BCUT2D eigenvalue weighted by Crippen LogP contribution is 2.50. The van der Waals surface area contributed by atoms with Crippen LogP contribution in [-0.2, 0) is 0 Å². The van der Waals surface area contributed by atoms with Crippen molar-refractivity contribution in [2.75, 3.05) is 33.9 Å².